The van der Waals surface area contributed by atoms with E-state index >= 15 is 0 Å². The summed E-state index contributed by atoms with van der Waals surface area (Å²) in [5.74, 6) is -4.63. The van der Waals surface area contributed by atoms with Crippen LogP contribution < -0.4 is 10.1 Å². The molecule has 8 nitrogen and oxygen atoms in total. The number of alkyl halides is 3. The molecule has 1 aromatic heterocycles. The van der Waals surface area contributed by atoms with Crippen molar-refractivity contribution >= 4 is 17.5 Å². The number of hydrogen-bond donors (Lipinski definition) is 2. The van der Waals surface area contributed by atoms with Gasteiger partial charge >= 0.3 is 6.18 Å². The molecule has 0 aliphatic carbocycles. The average Bonchev–Trinajstić information content (AvgIpc) is 3.36. The number of amides is 2. The first-order valence-electron chi connectivity index (χ1n) is 13.3. The van der Waals surface area contributed by atoms with Crippen molar-refractivity contribution in [1.29, 1.82) is 0 Å². The third-order valence-corrected chi connectivity index (χ3v) is 7.85. The summed E-state index contributed by atoms with van der Waals surface area (Å²) in [5.41, 5.74) is -2.37. The molecule has 1 fully saturated rings. The van der Waals surface area contributed by atoms with E-state index in [9.17, 15) is 36.6 Å². The number of pyridine rings is 1. The summed E-state index contributed by atoms with van der Waals surface area (Å²) < 4.78 is 74.6. The summed E-state index contributed by atoms with van der Waals surface area (Å²) >= 11 is 0. The van der Waals surface area contributed by atoms with Crippen LogP contribution in [-0.2, 0) is 22.3 Å². The van der Waals surface area contributed by atoms with Crippen molar-refractivity contribution in [2.45, 2.75) is 44.9 Å². The molecule has 43 heavy (non-hydrogen) atoms. The molecule has 0 unspecified atom stereocenters. The fourth-order valence-corrected chi connectivity index (χ4v) is 5.54. The molecule has 3 aromatic rings. The van der Waals surface area contributed by atoms with Gasteiger partial charge in [-0.1, -0.05) is 12.1 Å². The SMILES string of the molecule is COc1cc(C)c(-c2cc(C(F)(F)F)ccc2NC(=O)C2=C(O)[C@@]3(C)CCCN3N(Cc3cccc(F)c3F)C2=O)cn1. The number of carbonyl (C=O) groups is 2. The molecule has 13 heteroatoms. The van der Waals surface area contributed by atoms with Gasteiger partial charge in [0.1, 0.15) is 11.3 Å². The van der Waals surface area contributed by atoms with Crippen molar-refractivity contribution in [2.24, 2.45) is 0 Å². The zero-order valence-electron chi connectivity index (χ0n) is 23.4. The Bertz CT molecular complexity index is 1660. The molecule has 0 radical (unpaired) electrons. The highest BCUT2D eigenvalue weighted by molar-refractivity contribution is 6.24. The van der Waals surface area contributed by atoms with Crippen LogP contribution in [-0.4, -0.2) is 51.1 Å². The molecule has 5 rings (SSSR count). The van der Waals surface area contributed by atoms with Gasteiger partial charge in [-0.15, -0.1) is 0 Å². The number of anilines is 1. The van der Waals surface area contributed by atoms with Gasteiger partial charge in [-0.05, 0) is 56.5 Å². The largest absolute Gasteiger partial charge is 0.509 e. The van der Waals surface area contributed by atoms with Gasteiger partial charge in [-0.25, -0.2) is 18.8 Å². The predicted octanol–water partition coefficient (Wildman–Crippen LogP) is 5.93. The first-order chi connectivity index (χ1) is 20.3. The minimum Gasteiger partial charge on any atom is -0.509 e. The Balaban J connectivity index is 1.56. The Morgan fingerprint density at radius 2 is 1.91 bits per heavy atom. The third-order valence-electron chi connectivity index (χ3n) is 7.85. The van der Waals surface area contributed by atoms with Crippen molar-refractivity contribution in [3.8, 4) is 17.0 Å². The fourth-order valence-electron chi connectivity index (χ4n) is 5.54. The molecule has 2 amide bonds. The van der Waals surface area contributed by atoms with Crippen molar-refractivity contribution < 1.29 is 41.4 Å². The molecule has 2 aromatic carbocycles. The molecular formula is C30H27F5N4O4. The lowest BCUT2D eigenvalue weighted by molar-refractivity contribution is -0.160. The van der Waals surface area contributed by atoms with E-state index < -0.39 is 58.6 Å². The number of rotatable bonds is 6. The maximum absolute atomic E-state index is 14.6. The zero-order chi connectivity index (χ0) is 31.3. The molecule has 2 N–H and O–H groups in total. The molecule has 0 spiro atoms. The summed E-state index contributed by atoms with van der Waals surface area (Å²) in [4.78, 5) is 31.5. The number of benzene rings is 2. The number of fused-ring (bicyclic) bond motifs is 1. The number of aliphatic hydroxyl groups is 1. The highest BCUT2D eigenvalue weighted by atomic mass is 19.4. The number of aliphatic hydroxyl groups excluding tert-OH is 1. The summed E-state index contributed by atoms with van der Waals surface area (Å²) in [6.07, 6.45) is -2.53. The van der Waals surface area contributed by atoms with E-state index in [1.807, 2.05) is 0 Å². The molecule has 0 saturated carbocycles. The second-order valence-corrected chi connectivity index (χ2v) is 10.6. The van der Waals surface area contributed by atoms with Crippen LogP contribution in [0, 0.1) is 18.6 Å². The molecule has 2 aliphatic heterocycles. The van der Waals surface area contributed by atoms with E-state index in [2.05, 4.69) is 10.3 Å². The summed E-state index contributed by atoms with van der Waals surface area (Å²) in [7, 11) is 1.39. The molecule has 1 atom stereocenters. The third kappa shape index (κ3) is 5.29. The average molecular weight is 603 g/mol. The van der Waals surface area contributed by atoms with Gasteiger partial charge in [-0.3, -0.25) is 14.6 Å². The molecular weight excluding hydrogens is 575 g/mol. The van der Waals surface area contributed by atoms with Crippen LogP contribution in [0.25, 0.3) is 11.1 Å². The predicted molar refractivity (Wildman–Crippen MR) is 146 cm³/mol. The minimum absolute atomic E-state index is 0.0356. The van der Waals surface area contributed by atoms with Gasteiger partial charge in [0.15, 0.2) is 11.6 Å². The van der Waals surface area contributed by atoms with Crippen molar-refractivity contribution in [3.05, 3.63) is 88.3 Å². The lowest BCUT2D eigenvalue weighted by Gasteiger charge is -2.46. The van der Waals surface area contributed by atoms with Crippen LogP contribution >= 0.6 is 0 Å². The van der Waals surface area contributed by atoms with E-state index in [-0.39, 0.29) is 28.3 Å². The summed E-state index contributed by atoms with van der Waals surface area (Å²) in [5, 5.41) is 16.4. The topological polar surface area (TPSA) is 95.0 Å². The number of nitrogens with one attached hydrogen (secondary N) is 1. The number of halogens is 5. The van der Waals surface area contributed by atoms with Crippen LogP contribution in [0.15, 0.2) is 60.0 Å². The molecule has 3 heterocycles. The van der Waals surface area contributed by atoms with Crippen LogP contribution in [0.3, 0.4) is 0 Å². The Hall–Kier alpha value is -4.52. The second kappa shape index (κ2) is 11.0. The number of ether oxygens (including phenoxy) is 1. The Kier molecular flexibility index (Phi) is 7.63. The quantitative estimate of drug-likeness (QED) is 0.269. The highest BCUT2D eigenvalue weighted by Gasteiger charge is 2.52. The van der Waals surface area contributed by atoms with Gasteiger partial charge in [0.2, 0.25) is 5.88 Å². The summed E-state index contributed by atoms with van der Waals surface area (Å²) in [6, 6.07) is 7.71. The number of carbonyl (C=O) groups excluding carboxylic acids is 2. The van der Waals surface area contributed by atoms with E-state index in [1.54, 1.807) is 13.8 Å². The van der Waals surface area contributed by atoms with Crippen LogP contribution in [0.2, 0.25) is 0 Å². The number of aryl methyl sites for hydroxylation is 1. The van der Waals surface area contributed by atoms with Gasteiger partial charge < -0.3 is 15.2 Å². The number of nitrogens with zero attached hydrogens (tertiary/aromatic N) is 3. The second-order valence-electron chi connectivity index (χ2n) is 10.6. The number of hydrazine groups is 1. The standard InChI is InChI=1S/C30H27F5N4O4/c1-16-12-23(43-3)36-14-20(16)19-13-18(30(33,34)35)8-9-22(19)37-27(41)24-26(40)29(2)10-5-11-39(29)38(28(24)42)15-17-6-4-7-21(31)25(17)32/h4,6-9,12-14,40H,5,10-11,15H2,1-3H3,(H,37,41)/t29-/m1/s1. The van der Waals surface area contributed by atoms with Crippen LogP contribution in [0.1, 0.15) is 36.5 Å². The zero-order valence-corrected chi connectivity index (χ0v) is 23.4. The van der Waals surface area contributed by atoms with Gasteiger partial charge in [-0.2, -0.15) is 13.2 Å². The smallest absolute Gasteiger partial charge is 0.416 e. The highest BCUT2D eigenvalue weighted by Crippen LogP contribution is 2.43. The maximum Gasteiger partial charge on any atom is 0.416 e. The Morgan fingerprint density at radius 1 is 1.16 bits per heavy atom. The Labute approximate surface area is 243 Å². The van der Waals surface area contributed by atoms with E-state index in [4.69, 9.17) is 4.74 Å². The lowest BCUT2D eigenvalue weighted by Crippen LogP contribution is -2.60. The van der Waals surface area contributed by atoms with Crippen molar-refractivity contribution in [3.63, 3.8) is 0 Å². The number of hydrogen-bond acceptors (Lipinski definition) is 6. The monoisotopic (exact) mass is 602 g/mol. The number of methoxy groups -OCH3 is 1. The van der Waals surface area contributed by atoms with Gasteiger partial charge in [0.05, 0.1) is 24.8 Å². The first kappa shape index (κ1) is 30.0. The number of aromatic nitrogens is 1. The normalized spacial score (nSPS) is 19.1. The van der Waals surface area contributed by atoms with Crippen molar-refractivity contribution in [2.75, 3.05) is 19.0 Å². The minimum atomic E-state index is -4.70. The van der Waals surface area contributed by atoms with Crippen LogP contribution in [0.4, 0.5) is 27.6 Å². The van der Waals surface area contributed by atoms with Crippen molar-refractivity contribution in [1.82, 2.24) is 15.0 Å². The van der Waals surface area contributed by atoms with E-state index in [0.717, 1.165) is 29.3 Å². The summed E-state index contributed by atoms with van der Waals surface area (Å²) in [6.45, 7) is 3.11. The molecule has 0 bridgehead atoms. The molecule has 226 valence electrons. The van der Waals surface area contributed by atoms with E-state index in [0.29, 0.717) is 24.9 Å². The maximum atomic E-state index is 14.6. The van der Waals surface area contributed by atoms with Gasteiger partial charge in [0.25, 0.3) is 11.8 Å². The fraction of sp³-hybridized carbons (Fsp3) is 0.300. The van der Waals surface area contributed by atoms with E-state index in [1.165, 1.54) is 36.5 Å². The first-order valence-corrected chi connectivity index (χ1v) is 13.3. The molecule has 2 aliphatic rings. The Morgan fingerprint density at radius 3 is 2.58 bits per heavy atom. The molecule has 1 saturated heterocycles. The lowest BCUT2D eigenvalue weighted by atomic mass is 9.90. The van der Waals surface area contributed by atoms with Gasteiger partial charge in [0, 0.05) is 41.2 Å². The van der Waals surface area contributed by atoms with Crippen LogP contribution in [0.5, 0.6) is 5.88 Å².